The second-order valence-corrected chi connectivity index (χ2v) is 6.66. The van der Waals surface area contributed by atoms with Crippen LogP contribution < -0.4 is 4.72 Å². The van der Waals surface area contributed by atoms with Crippen LogP contribution in [0.4, 0.5) is 0 Å². The van der Waals surface area contributed by atoms with E-state index in [4.69, 9.17) is 5.11 Å². The van der Waals surface area contributed by atoms with Crippen molar-refractivity contribution in [3.05, 3.63) is 29.8 Å². The van der Waals surface area contributed by atoms with Crippen molar-refractivity contribution >= 4 is 16.0 Å². The van der Waals surface area contributed by atoms with Crippen LogP contribution in [0.2, 0.25) is 0 Å². The second-order valence-electron chi connectivity index (χ2n) is 4.98. The Balaban J connectivity index is 3.07. The van der Waals surface area contributed by atoms with Crippen molar-refractivity contribution in [1.29, 1.82) is 0 Å². The summed E-state index contributed by atoms with van der Waals surface area (Å²) in [6, 6.07) is 5.59. The second kappa shape index (κ2) is 6.34. The summed E-state index contributed by atoms with van der Waals surface area (Å²) in [6.07, 6.45) is 0.281. The van der Waals surface area contributed by atoms with Crippen LogP contribution in [0, 0.1) is 0 Å². The van der Waals surface area contributed by atoms with Crippen LogP contribution in [0.3, 0.4) is 0 Å². The van der Waals surface area contributed by atoms with Gasteiger partial charge in [0.2, 0.25) is 10.0 Å². The molecule has 20 heavy (non-hydrogen) atoms. The highest BCUT2D eigenvalue weighted by Gasteiger charge is 2.26. The molecule has 0 aromatic heterocycles. The minimum atomic E-state index is -3.77. The molecule has 0 radical (unpaired) electrons. The van der Waals surface area contributed by atoms with Gasteiger partial charge in [0.1, 0.15) is 0 Å². The molecule has 0 fully saturated rings. The summed E-state index contributed by atoms with van der Waals surface area (Å²) in [7, 11) is -2.54. The van der Waals surface area contributed by atoms with Gasteiger partial charge in [-0.1, -0.05) is 6.07 Å². The number of methoxy groups -OCH3 is 1. The number of benzene rings is 1. The Kier molecular flexibility index (Phi) is 5.27. The smallest absolute Gasteiger partial charge is 0.337 e. The molecule has 0 heterocycles. The van der Waals surface area contributed by atoms with Gasteiger partial charge in [0.05, 0.1) is 17.6 Å². The minimum Gasteiger partial charge on any atom is -0.465 e. The van der Waals surface area contributed by atoms with Crippen LogP contribution in [0.15, 0.2) is 29.2 Å². The van der Waals surface area contributed by atoms with Gasteiger partial charge < -0.3 is 9.84 Å². The SMILES string of the molecule is COC(=O)c1cccc(S(=O)(=O)NC(C)(C)CCO)c1. The summed E-state index contributed by atoms with van der Waals surface area (Å²) in [4.78, 5) is 11.4. The first-order chi connectivity index (χ1) is 9.22. The van der Waals surface area contributed by atoms with E-state index in [1.807, 2.05) is 0 Å². The van der Waals surface area contributed by atoms with E-state index in [9.17, 15) is 13.2 Å². The Bertz CT molecular complexity index is 580. The van der Waals surface area contributed by atoms with Gasteiger partial charge in [0.25, 0.3) is 0 Å². The fraction of sp³-hybridized carbons (Fsp3) is 0.462. The molecule has 0 saturated carbocycles. The molecular weight excluding hydrogens is 282 g/mol. The third kappa shape index (κ3) is 4.29. The fourth-order valence-electron chi connectivity index (χ4n) is 1.66. The molecule has 112 valence electrons. The standard InChI is InChI=1S/C13H19NO5S/c1-13(2,7-8-15)14-20(17,18)11-6-4-5-10(9-11)12(16)19-3/h4-6,9,14-15H,7-8H2,1-3H3. The molecule has 0 amide bonds. The highest BCUT2D eigenvalue weighted by Crippen LogP contribution is 2.17. The number of hydrogen-bond donors (Lipinski definition) is 2. The fourth-order valence-corrected chi connectivity index (χ4v) is 3.15. The monoisotopic (exact) mass is 301 g/mol. The highest BCUT2D eigenvalue weighted by molar-refractivity contribution is 7.89. The third-order valence-corrected chi connectivity index (χ3v) is 4.41. The van der Waals surface area contributed by atoms with Gasteiger partial charge in [0.15, 0.2) is 0 Å². The van der Waals surface area contributed by atoms with Crippen LogP contribution in [0.25, 0.3) is 0 Å². The zero-order valence-corrected chi connectivity index (χ0v) is 12.5. The number of ether oxygens (including phenoxy) is 1. The summed E-state index contributed by atoms with van der Waals surface area (Å²) < 4.78 is 31.5. The molecule has 6 nitrogen and oxygen atoms in total. The van der Waals surface area contributed by atoms with Crippen molar-refractivity contribution < 1.29 is 23.1 Å². The summed E-state index contributed by atoms with van der Waals surface area (Å²) in [5.74, 6) is -0.600. The lowest BCUT2D eigenvalue weighted by Crippen LogP contribution is -2.43. The number of carbonyl (C=O) groups excluding carboxylic acids is 1. The maximum Gasteiger partial charge on any atom is 0.337 e. The number of aliphatic hydroxyl groups is 1. The van der Waals surface area contributed by atoms with E-state index >= 15 is 0 Å². The predicted octanol–water partition coefficient (Wildman–Crippen LogP) is 0.912. The first kappa shape index (κ1) is 16.6. The van der Waals surface area contributed by atoms with Crippen LogP contribution in [0.1, 0.15) is 30.6 Å². The van der Waals surface area contributed by atoms with E-state index in [2.05, 4.69) is 9.46 Å². The Morgan fingerprint density at radius 2 is 2.05 bits per heavy atom. The van der Waals surface area contributed by atoms with Crippen molar-refractivity contribution in [3.63, 3.8) is 0 Å². The zero-order valence-electron chi connectivity index (χ0n) is 11.7. The highest BCUT2D eigenvalue weighted by atomic mass is 32.2. The third-order valence-electron chi connectivity index (χ3n) is 2.71. The number of nitrogens with one attached hydrogen (secondary N) is 1. The number of rotatable bonds is 6. The number of carbonyl (C=O) groups is 1. The molecule has 0 saturated heterocycles. The summed E-state index contributed by atoms with van der Waals surface area (Å²) in [6.45, 7) is 3.22. The van der Waals surface area contributed by atoms with E-state index in [0.29, 0.717) is 0 Å². The van der Waals surface area contributed by atoms with E-state index < -0.39 is 21.5 Å². The van der Waals surface area contributed by atoms with Crippen LogP contribution in [-0.4, -0.2) is 38.7 Å². The van der Waals surface area contributed by atoms with Crippen LogP contribution in [-0.2, 0) is 14.8 Å². The van der Waals surface area contributed by atoms with Crippen molar-refractivity contribution in [2.24, 2.45) is 0 Å². The Morgan fingerprint density at radius 3 is 2.60 bits per heavy atom. The summed E-state index contributed by atoms with van der Waals surface area (Å²) >= 11 is 0. The largest absolute Gasteiger partial charge is 0.465 e. The van der Waals surface area contributed by atoms with Gasteiger partial charge in [-0.3, -0.25) is 0 Å². The number of hydrogen-bond acceptors (Lipinski definition) is 5. The topological polar surface area (TPSA) is 92.7 Å². The molecule has 0 unspecified atom stereocenters. The van der Waals surface area contributed by atoms with E-state index in [1.54, 1.807) is 13.8 Å². The summed E-state index contributed by atoms with van der Waals surface area (Å²) in [5.41, 5.74) is -0.621. The predicted molar refractivity (Wildman–Crippen MR) is 73.9 cm³/mol. The van der Waals surface area contributed by atoms with Gasteiger partial charge in [-0.15, -0.1) is 0 Å². The van der Waals surface area contributed by atoms with E-state index in [1.165, 1.54) is 31.4 Å². The van der Waals surface area contributed by atoms with Gasteiger partial charge >= 0.3 is 5.97 Å². The van der Waals surface area contributed by atoms with Gasteiger partial charge in [-0.25, -0.2) is 17.9 Å². The molecule has 1 aromatic carbocycles. The first-order valence-corrected chi connectivity index (χ1v) is 7.53. The molecule has 0 aliphatic rings. The lowest BCUT2D eigenvalue weighted by atomic mass is 10.0. The zero-order chi connectivity index (χ0) is 15.4. The number of sulfonamides is 1. The molecule has 2 N–H and O–H groups in total. The van der Waals surface area contributed by atoms with Crippen molar-refractivity contribution in [1.82, 2.24) is 4.72 Å². The maximum absolute atomic E-state index is 12.2. The maximum atomic E-state index is 12.2. The molecule has 0 atom stereocenters. The molecule has 0 bridgehead atoms. The first-order valence-electron chi connectivity index (χ1n) is 6.05. The Hall–Kier alpha value is -1.44. The Labute approximate surface area is 118 Å². The molecule has 0 aliphatic carbocycles. The van der Waals surface area contributed by atoms with Crippen LogP contribution >= 0.6 is 0 Å². The van der Waals surface area contributed by atoms with Gasteiger partial charge in [-0.05, 0) is 38.5 Å². The summed E-state index contributed by atoms with van der Waals surface area (Å²) in [5, 5.41) is 8.92. The average Bonchev–Trinajstić information content (AvgIpc) is 2.36. The molecule has 0 spiro atoms. The van der Waals surface area contributed by atoms with Crippen molar-refractivity contribution in [3.8, 4) is 0 Å². The lowest BCUT2D eigenvalue weighted by molar-refractivity contribution is 0.0600. The quantitative estimate of drug-likeness (QED) is 0.762. The van der Waals surface area contributed by atoms with Crippen molar-refractivity contribution in [2.45, 2.75) is 30.7 Å². The molecule has 1 aromatic rings. The molecule has 7 heteroatoms. The average molecular weight is 301 g/mol. The molecule has 1 rings (SSSR count). The number of aliphatic hydroxyl groups excluding tert-OH is 1. The number of esters is 1. The Morgan fingerprint density at radius 1 is 1.40 bits per heavy atom. The van der Waals surface area contributed by atoms with Gasteiger partial charge in [-0.2, -0.15) is 0 Å². The van der Waals surface area contributed by atoms with E-state index in [0.717, 1.165) is 0 Å². The molecular formula is C13H19NO5S. The van der Waals surface area contributed by atoms with Crippen molar-refractivity contribution in [2.75, 3.05) is 13.7 Å². The normalized spacial score (nSPS) is 12.2. The van der Waals surface area contributed by atoms with Gasteiger partial charge in [0, 0.05) is 12.1 Å². The molecule has 0 aliphatic heterocycles. The van der Waals surface area contributed by atoms with Crippen LogP contribution in [0.5, 0.6) is 0 Å². The lowest BCUT2D eigenvalue weighted by Gasteiger charge is -2.25. The minimum absolute atomic E-state index is 0.0218. The van der Waals surface area contributed by atoms with E-state index in [-0.39, 0.29) is 23.5 Å².